The molecule has 2 fully saturated rings. The van der Waals surface area contributed by atoms with Crippen molar-refractivity contribution in [3.63, 3.8) is 0 Å². The molecule has 0 spiro atoms. The van der Waals surface area contributed by atoms with E-state index in [1.807, 2.05) is 0 Å². The summed E-state index contributed by atoms with van der Waals surface area (Å²) in [7, 11) is 0. The average molecular weight is 212 g/mol. The average Bonchev–Trinajstić information content (AvgIpc) is 2.93. The van der Waals surface area contributed by atoms with Crippen LogP contribution in [0, 0.1) is 5.92 Å². The SMILES string of the molecule is CC(NCC1CCC(C(N)=O)O1)C1CC1. The Morgan fingerprint density at radius 3 is 2.73 bits per heavy atom. The molecule has 4 heteroatoms. The molecular weight excluding hydrogens is 192 g/mol. The number of primary amides is 1. The summed E-state index contributed by atoms with van der Waals surface area (Å²) in [5.41, 5.74) is 5.19. The van der Waals surface area contributed by atoms with Crippen molar-refractivity contribution >= 4 is 5.91 Å². The third-order valence-corrected chi connectivity index (χ3v) is 3.42. The van der Waals surface area contributed by atoms with Gasteiger partial charge in [-0.3, -0.25) is 4.79 Å². The number of nitrogens with two attached hydrogens (primary N) is 1. The first-order valence-corrected chi connectivity index (χ1v) is 5.85. The van der Waals surface area contributed by atoms with Crippen LogP contribution in [0.15, 0.2) is 0 Å². The Kier molecular flexibility index (Phi) is 3.26. The van der Waals surface area contributed by atoms with Gasteiger partial charge >= 0.3 is 0 Å². The van der Waals surface area contributed by atoms with Crippen molar-refractivity contribution in [1.29, 1.82) is 0 Å². The minimum Gasteiger partial charge on any atom is -0.367 e. The fourth-order valence-electron chi connectivity index (χ4n) is 2.15. The van der Waals surface area contributed by atoms with Crippen LogP contribution in [-0.4, -0.2) is 30.7 Å². The first-order chi connectivity index (χ1) is 7.16. The van der Waals surface area contributed by atoms with E-state index in [0.29, 0.717) is 6.04 Å². The number of amides is 1. The summed E-state index contributed by atoms with van der Waals surface area (Å²) in [6, 6.07) is 0.584. The second-order valence-electron chi connectivity index (χ2n) is 4.76. The molecular formula is C11H20N2O2. The van der Waals surface area contributed by atoms with Gasteiger partial charge in [-0.15, -0.1) is 0 Å². The topological polar surface area (TPSA) is 64.3 Å². The number of rotatable bonds is 5. The van der Waals surface area contributed by atoms with Gasteiger partial charge in [-0.2, -0.15) is 0 Å². The van der Waals surface area contributed by atoms with E-state index in [9.17, 15) is 4.79 Å². The molecule has 1 saturated carbocycles. The normalized spacial score (nSPS) is 32.9. The summed E-state index contributed by atoms with van der Waals surface area (Å²) in [5.74, 6) is 0.533. The molecule has 1 aliphatic heterocycles. The Morgan fingerprint density at radius 1 is 1.47 bits per heavy atom. The molecule has 2 aliphatic rings. The molecule has 3 unspecified atom stereocenters. The summed E-state index contributed by atoms with van der Waals surface area (Å²) in [5, 5.41) is 3.47. The van der Waals surface area contributed by atoms with Gasteiger partial charge in [-0.1, -0.05) is 0 Å². The molecule has 0 aromatic rings. The van der Waals surface area contributed by atoms with Gasteiger partial charge in [-0.05, 0) is 38.5 Å². The van der Waals surface area contributed by atoms with Crippen LogP contribution in [0.3, 0.4) is 0 Å². The molecule has 1 saturated heterocycles. The third kappa shape index (κ3) is 2.92. The van der Waals surface area contributed by atoms with Crippen LogP contribution in [-0.2, 0) is 9.53 Å². The van der Waals surface area contributed by atoms with E-state index in [-0.39, 0.29) is 18.1 Å². The maximum absolute atomic E-state index is 10.9. The fourth-order valence-corrected chi connectivity index (χ4v) is 2.15. The van der Waals surface area contributed by atoms with Crippen LogP contribution in [0.2, 0.25) is 0 Å². The maximum atomic E-state index is 10.9. The molecule has 0 aromatic carbocycles. The Morgan fingerprint density at radius 2 is 2.20 bits per heavy atom. The zero-order valence-electron chi connectivity index (χ0n) is 9.24. The molecule has 1 heterocycles. The zero-order valence-corrected chi connectivity index (χ0v) is 9.24. The summed E-state index contributed by atoms with van der Waals surface area (Å²) < 4.78 is 5.54. The van der Waals surface area contributed by atoms with Gasteiger partial charge in [0.25, 0.3) is 0 Å². The quantitative estimate of drug-likeness (QED) is 0.693. The Labute approximate surface area is 90.5 Å². The lowest BCUT2D eigenvalue weighted by Crippen LogP contribution is -2.36. The van der Waals surface area contributed by atoms with E-state index >= 15 is 0 Å². The number of hydrogen-bond donors (Lipinski definition) is 2. The molecule has 0 radical (unpaired) electrons. The van der Waals surface area contributed by atoms with Crippen LogP contribution in [0.25, 0.3) is 0 Å². The predicted octanol–water partition coefficient (Wildman–Crippen LogP) is 0.407. The van der Waals surface area contributed by atoms with Crippen molar-refractivity contribution in [3.05, 3.63) is 0 Å². The maximum Gasteiger partial charge on any atom is 0.246 e. The van der Waals surface area contributed by atoms with E-state index < -0.39 is 0 Å². The first kappa shape index (κ1) is 10.9. The van der Waals surface area contributed by atoms with E-state index in [1.54, 1.807) is 0 Å². The van der Waals surface area contributed by atoms with Crippen molar-refractivity contribution in [2.45, 2.75) is 50.9 Å². The standard InChI is InChI=1S/C11H20N2O2/c1-7(8-2-3-8)13-6-9-4-5-10(15-9)11(12)14/h7-10,13H,2-6H2,1H3,(H2,12,14). The van der Waals surface area contributed by atoms with Crippen molar-refractivity contribution in [1.82, 2.24) is 5.32 Å². The second-order valence-corrected chi connectivity index (χ2v) is 4.76. The van der Waals surface area contributed by atoms with Gasteiger partial charge < -0.3 is 15.8 Å². The highest BCUT2D eigenvalue weighted by molar-refractivity contribution is 5.79. The predicted molar refractivity (Wildman–Crippen MR) is 57.3 cm³/mol. The third-order valence-electron chi connectivity index (χ3n) is 3.42. The molecule has 1 amide bonds. The lowest BCUT2D eigenvalue weighted by Gasteiger charge is -2.17. The van der Waals surface area contributed by atoms with Gasteiger partial charge in [0.15, 0.2) is 0 Å². The van der Waals surface area contributed by atoms with Gasteiger partial charge in [-0.25, -0.2) is 0 Å². The minimum absolute atomic E-state index is 0.170. The Hall–Kier alpha value is -0.610. The largest absolute Gasteiger partial charge is 0.367 e. The Bertz CT molecular complexity index is 241. The molecule has 86 valence electrons. The summed E-state index contributed by atoms with van der Waals surface area (Å²) >= 11 is 0. The number of ether oxygens (including phenoxy) is 1. The van der Waals surface area contributed by atoms with Crippen LogP contribution in [0.1, 0.15) is 32.6 Å². The van der Waals surface area contributed by atoms with Crippen molar-refractivity contribution in [2.24, 2.45) is 11.7 Å². The van der Waals surface area contributed by atoms with Crippen molar-refractivity contribution in [2.75, 3.05) is 6.54 Å². The molecule has 3 N–H and O–H groups in total. The molecule has 4 nitrogen and oxygen atoms in total. The summed E-state index contributed by atoms with van der Waals surface area (Å²) in [6.45, 7) is 3.07. The van der Waals surface area contributed by atoms with Crippen molar-refractivity contribution < 1.29 is 9.53 Å². The lowest BCUT2D eigenvalue weighted by atomic mass is 10.1. The molecule has 1 aliphatic carbocycles. The van der Waals surface area contributed by atoms with Crippen LogP contribution >= 0.6 is 0 Å². The van der Waals surface area contributed by atoms with Gasteiger partial charge in [0.1, 0.15) is 6.10 Å². The molecule has 2 rings (SSSR count). The Balaban J connectivity index is 1.65. The van der Waals surface area contributed by atoms with E-state index in [2.05, 4.69) is 12.2 Å². The lowest BCUT2D eigenvalue weighted by molar-refractivity contribution is -0.128. The van der Waals surface area contributed by atoms with E-state index in [1.165, 1.54) is 12.8 Å². The summed E-state index contributed by atoms with van der Waals surface area (Å²) in [4.78, 5) is 10.9. The van der Waals surface area contributed by atoms with Gasteiger partial charge in [0.05, 0.1) is 6.10 Å². The van der Waals surface area contributed by atoms with Crippen LogP contribution < -0.4 is 11.1 Å². The number of carbonyl (C=O) groups is 1. The van der Waals surface area contributed by atoms with Gasteiger partial charge in [0.2, 0.25) is 5.91 Å². The molecule has 15 heavy (non-hydrogen) atoms. The van der Waals surface area contributed by atoms with Gasteiger partial charge in [0, 0.05) is 12.6 Å². The first-order valence-electron chi connectivity index (χ1n) is 5.85. The number of hydrogen-bond acceptors (Lipinski definition) is 3. The highest BCUT2D eigenvalue weighted by atomic mass is 16.5. The molecule has 0 bridgehead atoms. The highest BCUT2D eigenvalue weighted by Crippen LogP contribution is 2.32. The second kappa shape index (κ2) is 4.49. The highest BCUT2D eigenvalue weighted by Gasteiger charge is 2.31. The van der Waals surface area contributed by atoms with E-state index in [0.717, 1.165) is 25.3 Å². The fraction of sp³-hybridized carbons (Fsp3) is 0.909. The zero-order chi connectivity index (χ0) is 10.8. The summed E-state index contributed by atoms with van der Waals surface area (Å²) in [6.07, 6.45) is 4.24. The molecule has 0 aromatic heterocycles. The van der Waals surface area contributed by atoms with E-state index in [4.69, 9.17) is 10.5 Å². The monoisotopic (exact) mass is 212 g/mol. The number of carbonyl (C=O) groups excluding carboxylic acids is 1. The van der Waals surface area contributed by atoms with Crippen LogP contribution in [0.5, 0.6) is 0 Å². The smallest absolute Gasteiger partial charge is 0.246 e. The minimum atomic E-state index is -0.354. The number of nitrogens with one attached hydrogen (secondary N) is 1. The molecule has 3 atom stereocenters. The van der Waals surface area contributed by atoms with Crippen molar-refractivity contribution in [3.8, 4) is 0 Å². The van der Waals surface area contributed by atoms with Crippen LogP contribution in [0.4, 0.5) is 0 Å².